The van der Waals surface area contributed by atoms with E-state index in [1.54, 1.807) is 6.07 Å². The Morgan fingerprint density at radius 3 is 2.29 bits per heavy atom. The van der Waals surface area contributed by atoms with E-state index >= 15 is 0 Å². The summed E-state index contributed by atoms with van der Waals surface area (Å²) in [6.07, 6.45) is -3.07. The van der Waals surface area contributed by atoms with Crippen LogP contribution in [0.3, 0.4) is 0 Å². The maximum absolute atomic E-state index is 14.3. The third-order valence-electron chi connectivity index (χ3n) is 5.42. The molecule has 148 valence electrons. The van der Waals surface area contributed by atoms with Gasteiger partial charge in [-0.2, -0.15) is 13.2 Å². The normalized spacial score (nSPS) is 19.3. The second-order valence-corrected chi connectivity index (χ2v) is 7.64. The SMILES string of the molecule is O=C1N(c2ccc(Cl)cc2F)CCN(Cc2ccc(C(F)(F)F)cc2)C12CC2. The first-order valence-corrected chi connectivity index (χ1v) is 9.27. The molecule has 1 amide bonds. The molecule has 0 unspecified atom stereocenters. The van der Waals surface area contributed by atoms with E-state index in [0.29, 0.717) is 38.0 Å². The van der Waals surface area contributed by atoms with Crippen molar-refractivity contribution in [3.05, 3.63) is 64.4 Å². The van der Waals surface area contributed by atoms with Gasteiger partial charge in [-0.25, -0.2) is 4.39 Å². The van der Waals surface area contributed by atoms with Crippen molar-refractivity contribution in [2.75, 3.05) is 18.0 Å². The van der Waals surface area contributed by atoms with Crippen LogP contribution < -0.4 is 4.90 Å². The molecule has 0 atom stereocenters. The predicted molar refractivity (Wildman–Crippen MR) is 97.6 cm³/mol. The summed E-state index contributed by atoms with van der Waals surface area (Å²) in [6, 6.07) is 9.20. The number of rotatable bonds is 3. The number of hydrogen-bond acceptors (Lipinski definition) is 2. The average Bonchev–Trinajstić information content (AvgIpc) is 3.42. The van der Waals surface area contributed by atoms with Crippen LogP contribution in [0.4, 0.5) is 23.2 Å². The van der Waals surface area contributed by atoms with E-state index in [1.165, 1.54) is 29.2 Å². The lowest BCUT2D eigenvalue weighted by molar-refractivity contribution is -0.137. The minimum absolute atomic E-state index is 0.174. The van der Waals surface area contributed by atoms with Crippen molar-refractivity contribution in [3.8, 4) is 0 Å². The highest BCUT2D eigenvalue weighted by molar-refractivity contribution is 6.30. The summed E-state index contributed by atoms with van der Waals surface area (Å²) in [5, 5.41) is 0.260. The van der Waals surface area contributed by atoms with Crippen molar-refractivity contribution in [1.82, 2.24) is 4.90 Å². The number of alkyl halides is 3. The van der Waals surface area contributed by atoms with Gasteiger partial charge in [0.1, 0.15) is 11.4 Å². The molecule has 1 heterocycles. The molecule has 0 radical (unpaired) electrons. The van der Waals surface area contributed by atoms with Crippen LogP contribution >= 0.6 is 11.6 Å². The van der Waals surface area contributed by atoms with Gasteiger partial charge < -0.3 is 4.90 Å². The Labute approximate surface area is 164 Å². The Morgan fingerprint density at radius 2 is 1.71 bits per heavy atom. The van der Waals surface area contributed by atoms with Crippen molar-refractivity contribution in [2.45, 2.75) is 31.1 Å². The van der Waals surface area contributed by atoms with Crippen LogP contribution in [-0.2, 0) is 17.5 Å². The number of halogens is 5. The monoisotopic (exact) mass is 412 g/mol. The largest absolute Gasteiger partial charge is 0.416 e. The maximum Gasteiger partial charge on any atom is 0.416 e. The Bertz CT molecular complexity index is 909. The highest BCUT2D eigenvalue weighted by atomic mass is 35.5. The lowest BCUT2D eigenvalue weighted by Crippen LogP contribution is -2.58. The summed E-state index contributed by atoms with van der Waals surface area (Å²) in [7, 11) is 0. The van der Waals surface area contributed by atoms with Crippen LogP contribution in [0.15, 0.2) is 42.5 Å². The predicted octanol–water partition coefficient (Wildman–Crippen LogP) is 4.88. The number of nitrogens with zero attached hydrogens (tertiary/aromatic N) is 2. The van der Waals surface area contributed by atoms with E-state index in [1.807, 2.05) is 4.90 Å². The smallest absolute Gasteiger partial charge is 0.307 e. The minimum atomic E-state index is -4.37. The van der Waals surface area contributed by atoms with Crippen LogP contribution in [0.1, 0.15) is 24.0 Å². The van der Waals surface area contributed by atoms with Gasteiger partial charge in [-0.15, -0.1) is 0 Å². The van der Waals surface area contributed by atoms with Crippen molar-refractivity contribution < 1.29 is 22.4 Å². The number of carbonyl (C=O) groups is 1. The standard InChI is InChI=1S/C20H17ClF4N2O/c21-15-5-6-17(16(22)11-15)27-10-9-26(19(7-8-19)18(27)28)12-13-1-3-14(4-2-13)20(23,24)25/h1-6,11H,7-10,12H2. The molecular formula is C20H17ClF4N2O. The maximum atomic E-state index is 14.3. The molecule has 4 rings (SSSR count). The molecule has 0 N–H and O–H groups in total. The van der Waals surface area contributed by atoms with Crippen LogP contribution in [0.25, 0.3) is 0 Å². The zero-order chi connectivity index (χ0) is 20.1. The van der Waals surface area contributed by atoms with Crippen molar-refractivity contribution >= 4 is 23.2 Å². The van der Waals surface area contributed by atoms with Gasteiger partial charge in [0.25, 0.3) is 0 Å². The number of piperazine rings is 1. The number of amides is 1. The fourth-order valence-electron chi connectivity index (χ4n) is 3.75. The van der Waals surface area contributed by atoms with E-state index in [0.717, 1.165) is 12.1 Å². The van der Waals surface area contributed by atoms with E-state index < -0.39 is 23.1 Å². The molecule has 3 nitrogen and oxygen atoms in total. The second-order valence-electron chi connectivity index (χ2n) is 7.20. The third kappa shape index (κ3) is 3.37. The molecule has 1 aliphatic heterocycles. The number of benzene rings is 2. The zero-order valence-corrected chi connectivity index (χ0v) is 15.5. The summed E-state index contributed by atoms with van der Waals surface area (Å²) >= 11 is 5.79. The van der Waals surface area contributed by atoms with Gasteiger partial charge in [-0.05, 0) is 48.7 Å². The minimum Gasteiger partial charge on any atom is -0.307 e. The van der Waals surface area contributed by atoms with Gasteiger partial charge in [0.2, 0.25) is 5.91 Å². The van der Waals surface area contributed by atoms with Crippen LogP contribution in [0.2, 0.25) is 5.02 Å². The van der Waals surface area contributed by atoms with Crippen molar-refractivity contribution in [1.29, 1.82) is 0 Å². The third-order valence-corrected chi connectivity index (χ3v) is 5.66. The summed E-state index contributed by atoms with van der Waals surface area (Å²) in [4.78, 5) is 16.5. The highest BCUT2D eigenvalue weighted by Gasteiger charge is 2.58. The van der Waals surface area contributed by atoms with Gasteiger partial charge in [0.05, 0.1) is 11.3 Å². The van der Waals surface area contributed by atoms with Crippen LogP contribution in [0, 0.1) is 5.82 Å². The summed E-state index contributed by atoms with van der Waals surface area (Å²) in [6.45, 7) is 1.19. The van der Waals surface area contributed by atoms with E-state index in [-0.39, 0.29) is 16.6 Å². The van der Waals surface area contributed by atoms with E-state index in [4.69, 9.17) is 11.6 Å². The first kappa shape index (κ1) is 19.2. The fourth-order valence-corrected chi connectivity index (χ4v) is 3.91. The van der Waals surface area contributed by atoms with Gasteiger partial charge in [0, 0.05) is 24.7 Å². The van der Waals surface area contributed by atoms with Crippen molar-refractivity contribution in [3.63, 3.8) is 0 Å². The lowest BCUT2D eigenvalue weighted by atomic mass is 10.0. The number of anilines is 1. The fraction of sp³-hybridized carbons (Fsp3) is 0.350. The van der Waals surface area contributed by atoms with Gasteiger partial charge in [-0.1, -0.05) is 23.7 Å². The molecule has 1 saturated carbocycles. The summed E-state index contributed by atoms with van der Waals surface area (Å²) in [5.41, 5.74) is -0.489. The zero-order valence-electron chi connectivity index (χ0n) is 14.8. The molecule has 2 aromatic rings. The summed E-state index contributed by atoms with van der Waals surface area (Å²) < 4.78 is 52.4. The molecule has 1 spiro atoms. The topological polar surface area (TPSA) is 23.6 Å². The van der Waals surface area contributed by atoms with Gasteiger partial charge in [0.15, 0.2) is 0 Å². The van der Waals surface area contributed by atoms with E-state index in [2.05, 4.69) is 0 Å². The van der Waals surface area contributed by atoms with Gasteiger partial charge >= 0.3 is 6.18 Å². The summed E-state index contributed by atoms with van der Waals surface area (Å²) in [5.74, 6) is -0.722. The Morgan fingerprint density at radius 1 is 1.04 bits per heavy atom. The second kappa shape index (κ2) is 6.74. The van der Waals surface area contributed by atoms with Gasteiger partial charge in [-0.3, -0.25) is 9.69 Å². The Hall–Kier alpha value is -2.12. The average molecular weight is 413 g/mol. The van der Waals surface area contributed by atoms with Crippen molar-refractivity contribution in [2.24, 2.45) is 0 Å². The number of carbonyl (C=O) groups excluding carboxylic acids is 1. The molecule has 2 aromatic carbocycles. The molecule has 0 bridgehead atoms. The molecule has 8 heteroatoms. The van der Waals surface area contributed by atoms with E-state index in [9.17, 15) is 22.4 Å². The molecule has 0 aromatic heterocycles. The molecule has 1 aliphatic carbocycles. The first-order chi connectivity index (χ1) is 13.2. The Balaban J connectivity index is 1.52. The molecule has 2 aliphatic rings. The number of hydrogen-bond donors (Lipinski definition) is 0. The highest BCUT2D eigenvalue weighted by Crippen LogP contribution is 2.47. The molecule has 28 heavy (non-hydrogen) atoms. The first-order valence-electron chi connectivity index (χ1n) is 8.89. The molecular weight excluding hydrogens is 396 g/mol. The quantitative estimate of drug-likeness (QED) is 0.671. The lowest BCUT2D eigenvalue weighted by Gasteiger charge is -2.41. The van der Waals surface area contributed by atoms with Crippen LogP contribution in [-0.4, -0.2) is 29.4 Å². The Kier molecular flexibility index (Phi) is 4.62. The van der Waals surface area contributed by atoms with Crippen LogP contribution in [0.5, 0.6) is 0 Å². The molecule has 2 fully saturated rings. The molecule has 1 saturated heterocycles.